The fourth-order valence-electron chi connectivity index (χ4n) is 3.47. The zero-order valence-electron chi connectivity index (χ0n) is 15.0. The van der Waals surface area contributed by atoms with Gasteiger partial charge in [0.05, 0.1) is 12.2 Å². The minimum absolute atomic E-state index is 0.0115. The normalized spacial score (nSPS) is 17.0. The van der Waals surface area contributed by atoms with E-state index in [-0.39, 0.29) is 5.91 Å². The van der Waals surface area contributed by atoms with Crippen LogP contribution >= 0.6 is 11.3 Å². The Morgan fingerprint density at radius 1 is 1.07 bits per heavy atom. The van der Waals surface area contributed by atoms with E-state index < -0.39 is 0 Å². The zero-order chi connectivity index (χ0) is 18.5. The van der Waals surface area contributed by atoms with E-state index in [0.29, 0.717) is 24.0 Å². The van der Waals surface area contributed by atoms with E-state index in [2.05, 4.69) is 27.7 Å². The fourth-order valence-corrected chi connectivity index (χ4v) is 4.36. The van der Waals surface area contributed by atoms with Gasteiger partial charge in [-0.25, -0.2) is 0 Å². The third kappa shape index (κ3) is 4.38. The molecule has 0 bridgehead atoms. The molecule has 1 amide bonds. The first-order chi connectivity index (χ1) is 13.3. The number of likely N-dealkylation sites (tertiary alicyclic amines) is 1. The van der Waals surface area contributed by atoms with Crippen molar-refractivity contribution < 1.29 is 9.53 Å². The van der Waals surface area contributed by atoms with Gasteiger partial charge in [0.1, 0.15) is 5.75 Å². The Balaban J connectivity index is 1.42. The second kappa shape index (κ2) is 8.37. The van der Waals surface area contributed by atoms with Crippen molar-refractivity contribution in [2.24, 2.45) is 0 Å². The van der Waals surface area contributed by atoms with Gasteiger partial charge in [-0.15, -0.1) is 11.3 Å². The number of carbonyl (C=O) groups is 1. The standard InChI is InChI=1S/C22H22N2O2S/c25-22(16-24-14-6-11-19(24)21-13-7-15-27-21)23-18-10-4-5-12-20(18)26-17-8-2-1-3-9-17/h1-5,7-10,12-13,15,19H,6,11,14,16H2,(H,23,25)/t19-/m0/s1. The highest BCUT2D eigenvalue weighted by Crippen LogP contribution is 2.34. The van der Waals surface area contributed by atoms with E-state index in [1.54, 1.807) is 11.3 Å². The predicted molar refractivity (Wildman–Crippen MR) is 109 cm³/mol. The van der Waals surface area contributed by atoms with Gasteiger partial charge in [-0.2, -0.15) is 0 Å². The third-order valence-corrected chi connectivity index (χ3v) is 5.69. The third-order valence-electron chi connectivity index (χ3n) is 4.71. The van der Waals surface area contributed by atoms with Crippen LogP contribution in [0.1, 0.15) is 23.8 Å². The number of nitrogens with one attached hydrogen (secondary N) is 1. The monoisotopic (exact) mass is 378 g/mol. The molecular weight excluding hydrogens is 356 g/mol. The van der Waals surface area contributed by atoms with Crippen LogP contribution in [0.15, 0.2) is 72.1 Å². The quantitative estimate of drug-likeness (QED) is 0.631. The van der Waals surface area contributed by atoms with Crippen LogP contribution in [0.2, 0.25) is 0 Å². The van der Waals surface area contributed by atoms with Crippen LogP contribution in [-0.4, -0.2) is 23.9 Å². The van der Waals surface area contributed by atoms with Crippen LogP contribution in [0.5, 0.6) is 11.5 Å². The molecule has 138 valence electrons. The van der Waals surface area contributed by atoms with Gasteiger partial charge in [-0.3, -0.25) is 9.69 Å². The second-order valence-corrected chi connectivity index (χ2v) is 7.58. The molecule has 1 fully saturated rings. The maximum Gasteiger partial charge on any atom is 0.238 e. The van der Waals surface area contributed by atoms with E-state index in [9.17, 15) is 4.79 Å². The van der Waals surface area contributed by atoms with Gasteiger partial charge in [0.25, 0.3) is 0 Å². The molecule has 4 rings (SSSR count). The molecule has 1 N–H and O–H groups in total. The summed E-state index contributed by atoms with van der Waals surface area (Å²) in [5.41, 5.74) is 0.693. The van der Waals surface area contributed by atoms with Crippen LogP contribution in [0, 0.1) is 0 Å². The Morgan fingerprint density at radius 2 is 1.89 bits per heavy atom. The van der Waals surface area contributed by atoms with Crippen LogP contribution in [-0.2, 0) is 4.79 Å². The molecule has 0 spiro atoms. The maximum atomic E-state index is 12.7. The van der Waals surface area contributed by atoms with Crippen molar-refractivity contribution in [3.05, 3.63) is 77.0 Å². The smallest absolute Gasteiger partial charge is 0.238 e. The topological polar surface area (TPSA) is 41.6 Å². The van der Waals surface area contributed by atoms with Gasteiger partial charge >= 0.3 is 0 Å². The largest absolute Gasteiger partial charge is 0.455 e. The van der Waals surface area contributed by atoms with Crippen molar-refractivity contribution in [1.82, 2.24) is 4.90 Å². The van der Waals surface area contributed by atoms with Crippen molar-refractivity contribution in [2.45, 2.75) is 18.9 Å². The number of para-hydroxylation sites is 3. The Labute approximate surface area is 163 Å². The van der Waals surface area contributed by atoms with Crippen LogP contribution in [0.4, 0.5) is 5.69 Å². The lowest BCUT2D eigenvalue weighted by Gasteiger charge is -2.23. The average Bonchev–Trinajstić information content (AvgIpc) is 3.36. The van der Waals surface area contributed by atoms with Gasteiger partial charge in [-0.05, 0) is 55.1 Å². The summed E-state index contributed by atoms with van der Waals surface area (Å²) in [7, 11) is 0. The molecule has 2 heterocycles. The maximum absolute atomic E-state index is 12.7. The molecule has 3 aromatic rings. The minimum Gasteiger partial charge on any atom is -0.455 e. The molecular formula is C22H22N2O2S. The van der Waals surface area contributed by atoms with Gasteiger partial charge in [-0.1, -0.05) is 36.4 Å². The van der Waals surface area contributed by atoms with Crippen LogP contribution < -0.4 is 10.1 Å². The lowest BCUT2D eigenvalue weighted by Crippen LogP contribution is -2.32. The number of hydrogen-bond donors (Lipinski definition) is 1. The van der Waals surface area contributed by atoms with E-state index in [4.69, 9.17) is 4.74 Å². The molecule has 0 saturated carbocycles. The average molecular weight is 378 g/mol. The molecule has 1 aliphatic heterocycles. The van der Waals surface area contributed by atoms with Crippen molar-refractivity contribution in [2.75, 3.05) is 18.4 Å². The molecule has 1 atom stereocenters. The number of nitrogens with zero attached hydrogens (tertiary/aromatic N) is 1. The summed E-state index contributed by atoms with van der Waals surface area (Å²) in [6, 6.07) is 21.7. The highest BCUT2D eigenvalue weighted by molar-refractivity contribution is 7.10. The first-order valence-corrected chi connectivity index (χ1v) is 10.1. The first-order valence-electron chi connectivity index (χ1n) is 9.19. The Bertz CT molecular complexity index is 880. The minimum atomic E-state index is -0.0115. The number of anilines is 1. The molecule has 1 saturated heterocycles. The predicted octanol–water partition coefficient (Wildman–Crippen LogP) is 5.32. The SMILES string of the molecule is O=C(CN1CCC[C@H]1c1cccs1)Nc1ccccc1Oc1ccccc1. The number of carbonyl (C=O) groups excluding carboxylic acids is 1. The zero-order valence-corrected chi connectivity index (χ0v) is 15.8. The summed E-state index contributed by atoms with van der Waals surface area (Å²) in [6.07, 6.45) is 2.24. The van der Waals surface area contributed by atoms with E-state index >= 15 is 0 Å². The first kappa shape index (κ1) is 17.8. The van der Waals surface area contributed by atoms with Gasteiger partial charge < -0.3 is 10.1 Å². The molecule has 1 aliphatic rings. The molecule has 0 unspecified atom stereocenters. The van der Waals surface area contributed by atoms with Gasteiger partial charge in [0.2, 0.25) is 5.91 Å². The molecule has 27 heavy (non-hydrogen) atoms. The number of benzene rings is 2. The highest BCUT2D eigenvalue weighted by Gasteiger charge is 2.28. The number of amides is 1. The summed E-state index contributed by atoms with van der Waals surface area (Å²) in [6.45, 7) is 1.35. The fraction of sp³-hybridized carbons (Fsp3) is 0.227. The highest BCUT2D eigenvalue weighted by atomic mass is 32.1. The molecule has 2 aromatic carbocycles. The van der Waals surface area contributed by atoms with E-state index in [0.717, 1.165) is 25.1 Å². The molecule has 0 aliphatic carbocycles. The number of thiophene rings is 1. The second-order valence-electron chi connectivity index (χ2n) is 6.60. The Kier molecular flexibility index (Phi) is 5.51. The van der Waals surface area contributed by atoms with Crippen molar-refractivity contribution in [3.8, 4) is 11.5 Å². The number of ether oxygens (including phenoxy) is 1. The van der Waals surface area contributed by atoms with E-state index in [1.165, 1.54) is 4.88 Å². The molecule has 0 radical (unpaired) electrons. The summed E-state index contributed by atoms with van der Waals surface area (Å²) in [5.74, 6) is 1.38. The molecule has 1 aromatic heterocycles. The Hall–Kier alpha value is -2.63. The number of rotatable bonds is 6. The summed E-state index contributed by atoms with van der Waals surface area (Å²) in [4.78, 5) is 16.3. The van der Waals surface area contributed by atoms with Crippen LogP contribution in [0.25, 0.3) is 0 Å². The molecule has 4 nitrogen and oxygen atoms in total. The Morgan fingerprint density at radius 3 is 2.70 bits per heavy atom. The number of hydrogen-bond acceptors (Lipinski definition) is 4. The molecule has 5 heteroatoms. The summed E-state index contributed by atoms with van der Waals surface area (Å²) < 4.78 is 5.93. The van der Waals surface area contributed by atoms with Crippen LogP contribution in [0.3, 0.4) is 0 Å². The summed E-state index contributed by atoms with van der Waals surface area (Å²) in [5, 5.41) is 5.12. The van der Waals surface area contributed by atoms with Gasteiger partial charge in [0, 0.05) is 10.9 Å². The summed E-state index contributed by atoms with van der Waals surface area (Å²) >= 11 is 1.77. The van der Waals surface area contributed by atoms with Gasteiger partial charge in [0.15, 0.2) is 5.75 Å². The van der Waals surface area contributed by atoms with E-state index in [1.807, 2.05) is 54.6 Å². The lowest BCUT2D eigenvalue weighted by molar-refractivity contribution is -0.117. The lowest BCUT2D eigenvalue weighted by atomic mass is 10.2. The van der Waals surface area contributed by atoms with Crippen molar-refractivity contribution in [3.63, 3.8) is 0 Å². The van der Waals surface area contributed by atoms with Crippen molar-refractivity contribution >= 4 is 22.9 Å². The van der Waals surface area contributed by atoms with Crippen molar-refractivity contribution in [1.29, 1.82) is 0 Å².